The first kappa shape index (κ1) is 21.0. The van der Waals surface area contributed by atoms with Crippen LogP contribution in [0.5, 0.6) is 0 Å². The number of hydrogen-bond donors (Lipinski definition) is 0. The number of carbonyl (C=O) groups excluding carboxylic acids is 3. The number of carbonyl (C=O) groups is 3. The number of hydrogen-bond acceptors (Lipinski definition) is 4. The predicted molar refractivity (Wildman–Crippen MR) is 125 cm³/mol. The van der Waals surface area contributed by atoms with Gasteiger partial charge in [-0.1, -0.05) is 42.8 Å². The van der Waals surface area contributed by atoms with E-state index >= 15 is 0 Å². The molecule has 6 heteroatoms. The third-order valence-electron chi connectivity index (χ3n) is 7.22. The maximum atomic E-state index is 13.9. The number of allylic oxidation sites excluding steroid dienone is 1. The van der Waals surface area contributed by atoms with E-state index < -0.39 is 17.9 Å². The van der Waals surface area contributed by atoms with Gasteiger partial charge in [0.2, 0.25) is 11.8 Å². The van der Waals surface area contributed by atoms with Gasteiger partial charge in [0.1, 0.15) is 6.04 Å². The molecule has 0 saturated carbocycles. The summed E-state index contributed by atoms with van der Waals surface area (Å²) in [6.45, 7) is 5.87. The summed E-state index contributed by atoms with van der Waals surface area (Å²) in [4.78, 5) is 44.4. The van der Waals surface area contributed by atoms with Crippen molar-refractivity contribution in [2.75, 3.05) is 4.90 Å². The lowest BCUT2D eigenvalue weighted by Crippen LogP contribution is -2.50. The van der Waals surface area contributed by atoms with Crippen molar-refractivity contribution in [3.63, 3.8) is 0 Å². The first-order valence-corrected chi connectivity index (χ1v) is 11.5. The Morgan fingerprint density at radius 3 is 2.38 bits per heavy atom. The fourth-order valence-corrected chi connectivity index (χ4v) is 5.65. The molecule has 0 aliphatic carbocycles. The standard InChI is InChI=1S/C26H25ClN2O3/c1-4-15(3)28-25(31)21-20-13-14(2)18-7-5-6-8-19(18)29(20)23(22(21)26(28)32)24(30)16-9-11-17(27)12-10-16/h5-13,15,20-23H,4H2,1-3H3/t15-,20+,21-,22-,23+/m0/s1. The zero-order valence-corrected chi connectivity index (χ0v) is 19.0. The van der Waals surface area contributed by atoms with E-state index in [2.05, 4.69) is 6.08 Å². The average Bonchev–Trinajstić information content (AvgIpc) is 3.26. The minimum absolute atomic E-state index is 0.158. The van der Waals surface area contributed by atoms with E-state index in [-0.39, 0.29) is 29.7 Å². The minimum Gasteiger partial charge on any atom is -0.352 e. The number of halogens is 1. The summed E-state index contributed by atoms with van der Waals surface area (Å²) in [6, 6.07) is 13.4. The number of benzene rings is 2. The van der Waals surface area contributed by atoms with Gasteiger partial charge in [-0.25, -0.2) is 0 Å². The Balaban J connectivity index is 1.68. The number of nitrogens with zero attached hydrogens (tertiary/aromatic N) is 2. The van der Waals surface area contributed by atoms with Gasteiger partial charge >= 0.3 is 0 Å². The summed E-state index contributed by atoms with van der Waals surface area (Å²) < 4.78 is 0. The molecule has 164 valence electrons. The molecule has 2 aromatic carbocycles. The number of rotatable bonds is 4. The number of amides is 2. The Kier molecular flexibility index (Phi) is 4.97. The van der Waals surface area contributed by atoms with Gasteiger partial charge in [0.05, 0.1) is 17.9 Å². The highest BCUT2D eigenvalue weighted by atomic mass is 35.5. The van der Waals surface area contributed by atoms with Gasteiger partial charge in [0.15, 0.2) is 5.78 Å². The summed E-state index contributed by atoms with van der Waals surface area (Å²) in [6.07, 6.45) is 2.74. The van der Waals surface area contributed by atoms with E-state index in [1.165, 1.54) is 4.90 Å². The highest BCUT2D eigenvalue weighted by molar-refractivity contribution is 6.30. The Morgan fingerprint density at radius 1 is 1.03 bits per heavy atom. The Hall–Kier alpha value is -2.92. The molecular weight excluding hydrogens is 424 g/mol. The first-order chi connectivity index (χ1) is 15.3. The third kappa shape index (κ3) is 2.87. The molecule has 2 amide bonds. The third-order valence-corrected chi connectivity index (χ3v) is 7.47. The van der Waals surface area contributed by atoms with E-state index in [9.17, 15) is 14.4 Å². The molecule has 0 unspecified atom stereocenters. The van der Waals surface area contributed by atoms with E-state index in [0.29, 0.717) is 17.0 Å². The van der Waals surface area contributed by atoms with Crippen LogP contribution in [0, 0.1) is 11.8 Å². The largest absolute Gasteiger partial charge is 0.352 e. The van der Waals surface area contributed by atoms with E-state index in [1.807, 2.05) is 49.9 Å². The Morgan fingerprint density at radius 2 is 1.69 bits per heavy atom. The van der Waals surface area contributed by atoms with Crippen molar-refractivity contribution in [1.29, 1.82) is 0 Å². The highest BCUT2D eigenvalue weighted by Gasteiger charge is 2.64. The van der Waals surface area contributed by atoms with Crippen LogP contribution in [0.3, 0.4) is 0 Å². The Bertz CT molecular complexity index is 1160. The fraction of sp³-hybridized carbons (Fsp3) is 0.346. The summed E-state index contributed by atoms with van der Waals surface area (Å²) in [5, 5.41) is 0.542. The number of ketones is 1. The molecule has 0 spiro atoms. The van der Waals surface area contributed by atoms with Gasteiger partial charge in [0, 0.05) is 27.9 Å². The highest BCUT2D eigenvalue weighted by Crippen LogP contribution is 2.50. The van der Waals surface area contributed by atoms with Crippen molar-refractivity contribution >= 4 is 40.5 Å². The van der Waals surface area contributed by atoms with Gasteiger partial charge in [-0.3, -0.25) is 19.3 Å². The summed E-state index contributed by atoms with van der Waals surface area (Å²) in [5.74, 6) is -1.84. The zero-order valence-electron chi connectivity index (χ0n) is 18.3. The molecule has 32 heavy (non-hydrogen) atoms. The van der Waals surface area contributed by atoms with Crippen LogP contribution in [0.1, 0.15) is 43.1 Å². The number of Topliss-reactive ketones (excluding diaryl/α,β-unsaturated/α-hetero) is 1. The number of imide groups is 1. The lowest BCUT2D eigenvalue weighted by molar-refractivity contribution is -0.142. The van der Waals surface area contributed by atoms with Crippen LogP contribution >= 0.6 is 11.6 Å². The van der Waals surface area contributed by atoms with Crippen LogP contribution in [-0.4, -0.2) is 40.6 Å². The molecule has 0 N–H and O–H groups in total. The second-order valence-corrected chi connectivity index (χ2v) is 9.37. The molecule has 3 aliphatic rings. The fourth-order valence-electron chi connectivity index (χ4n) is 5.52. The van der Waals surface area contributed by atoms with Crippen molar-refractivity contribution in [3.8, 4) is 0 Å². The topological polar surface area (TPSA) is 57.7 Å². The second kappa shape index (κ2) is 7.59. The van der Waals surface area contributed by atoms with Crippen molar-refractivity contribution in [2.45, 2.75) is 45.3 Å². The van der Waals surface area contributed by atoms with Crippen LogP contribution < -0.4 is 4.90 Å². The van der Waals surface area contributed by atoms with Crippen LogP contribution in [0.2, 0.25) is 5.02 Å². The molecule has 5 rings (SSSR count). The first-order valence-electron chi connectivity index (χ1n) is 11.1. The van der Waals surface area contributed by atoms with Gasteiger partial charge in [-0.05, 0) is 56.2 Å². The SMILES string of the molecule is CC[C@H](C)N1C(=O)[C@@H]2[C@H](C1=O)[C@H](C(=O)c1ccc(Cl)cc1)N1c3ccccc3C(C)=C[C@H]21. The van der Waals surface area contributed by atoms with Crippen molar-refractivity contribution < 1.29 is 14.4 Å². The van der Waals surface area contributed by atoms with Crippen molar-refractivity contribution in [2.24, 2.45) is 11.8 Å². The summed E-state index contributed by atoms with van der Waals surface area (Å²) >= 11 is 6.04. The van der Waals surface area contributed by atoms with Crippen LogP contribution in [0.15, 0.2) is 54.6 Å². The lowest BCUT2D eigenvalue weighted by Gasteiger charge is -2.38. The van der Waals surface area contributed by atoms with Gasteiger partial charge in [-0.2, -0.15) is 0 Å². The molecule has 3 heterocycles. The van der Waals surface area contributed by atoms with Gasteiger partial charge < -0.3 is 4.90 Å². The van der Waals surface area contributed by atoms with E-state index in [4.69, 9.17) is 11.6 Å². The maximum Gasteiger partial charge on any atom is 0.236 e. The molecule has 2 aromatic rings. The quantitative estimate of drug-likeness (QED) is 0.506. The molecule has 5 nitrogen and oxygen atoms in total. The summed E-state index contributed by atoms with van der Waals surface area (Å²) in [7, 11) is 0. The number of para-hydroxylation sites is 1. The number of fused-ring (bicyclic) bond motifs is 5. The number of likely N-dealkylation sites (tertiary alicyclic amines) is 1. The molecule has 0 radical (unpaired) electrons. The summed E-state index contributed by atoms with van der Waals surface area (Å²) in [5.41, 5.74) is 3.47. The molecule has 3 aliphatic heterocycles. The molecule has 5 atom stereocenters. The normalized spacial score (nSPS) is 27.1. The smallest absolute Gasteiger partial charge is 0.236 e. The zero-order chi connectivity index (χ0) is 22.7. The van der Waals surface area contributed by atoms with E-state index in [1.54, 1.807) is 24.3 Å². The molecular formula is C26H25ClN2O3. The van der Waals surface area contributed by atoms with Crippen molar-refractivity contribution in [3.05, 3.63) is 70.8 Å². The van der Waals surface area contributed by atoms with Crippen LogP contribution in [-0.2, 0) is 9.59 Å². The van der Waals surface area contributed by atoms with Crippen molar-refractivity contribution in [1.82, 2.24) is 4.90 Å². The van der Waals surface area contributed by atoms with Crippen LogP contribution in [0.4, 0.5) is 5.69 Å². The maximum absolute atomic E-state index is 13.9. The minimum atomic E-state index is -0.748. The predicted octanol–water partition coefficient (Wildman–Crippen LogP) is 4.60. The van der Waals surface area contributed by atoms with Gasteiger partial charge in [0.25, 0.3) is 0 Å². The lowest BCUT2D eigenvalue weighted by atomic mass is 9.85. The second-order valence-electron chi connectivity index (χ2n) is 8.94. The van der Waals surface area contributed by atoms with E-state index in [0.717, 1.165) is 16.8 Å². The van der Waals surface area contributed by atoms with Crippen LogP contribution in [0.25, 0.3) is 5.57 Å². The molecule has 0 bridgehead atoms. The monoisotopic (exact) mass is 448 g/mol. The molecule has 2 fully saturated rings. The number of anilines is 1. The Labute approximate surface area is 192 Å². The average molecular weight is 449 g/mol. The molecule has 2 saturated heterocycles. The molecule has 0 aromatic heterocycles. The van der Waals surface area contributed by atoms with Gasteiger partial charge in [-0.15, -0.1) is 0 Å².